The molecule has 1 N–H and O–H groups in total. The van der Waals surface area contributed by atoms with Crippen LogP contribution in [0.25, 0.3) is 6.08 Å². The van der Waals surface area contributed by atoms with Gasteiger partial charge < -0.3 is 19.2 Å². The number of para-hydroxylation sites is 1. The van der Waals surface area contributed by atoms with Gasteiger partial charge >= 0.3 is 0 Å². The lowest BCUT2D eigenvalue weighted by atomic mass is 10.1. The molecule has 1 amide bonds. The summed E-state index contributed by atoms with van der Waals surface area (Å²) in [4.78, 5) is 23.5. The van der Waals surface area contributed by atoms with Gasteiger partial charge in [-0.05, 0) is 24.3 Å². The molecule has 0 bridgehead atoms. The summed E-state index contributed by atoms with van der Waals surface area (Å²) in [5, 5.41) is 6.93. The predicted molar refractivity (Wildman–Crippen MR) is 107 cm³/mol. The summed E-state index contributed by atoms with van der Waals surface area (Å²) in [5.41, 5.74) is 1.26. The topological polar surface area (TPSA) is 95.6 Å². The lowest BCUT2D eigenvalue weighted by Crippen LogP contribution is -2.07. The summed E-state index contributed by atoms with van der Waals surface area (Å²) >= 11 is 0. The Kier molecular flexibility index (Phi) is 6.13. The molecule has 0 spiro atoms. The molecular formula is C21H21N3O5. The first kappa shape index (κ1) is 19.9. The van der Waals surface area contributed by atoms with Crippen LogP contribution in [0, 0.1) is 0 Å². The van der Waals surface area contributed by atoms with Crippen molar-refractivity contribution >= 4 is 23.5 Å². The average molecular weight is 395 g/mol. The number of ether oxygens (including phenoxy) is 2. The molecule has 0 saturated carbocycles. The van der Waals surface area contributed by atoms with E-state index in [2.05, 4.69) is 10.4 Å². The maximum atomic E-state index is 12.2. The fraction of sp³-hybridized carbons (Fsp3) is 0.190. The highest BCUT2D eigenvalue weighted by atomic mass is 16.5. The molecule has 0 aliphatic heterocycles. The summed E-state index contributed by atoms with van der Waals surface area (Å²) < 4.78 is 17.6. The van der Waals surface area contributed by atoms with E-state index in [-0.39, 0.29) is 11.7 Å². The predicted octanol–water partition coefficient (Wildman–Crippen LogP) is 3.40. The smallest absolute Gasteiger partial charge is 0.248 e. The summed E-state index contributed by atoms with van der Waals surface area (Å²) in [5.74, 6) is 1.59. The normalized spacial score (nSPS) is 10.9. The Bertz CT molecular complexity index is 1050. The third-order valence-corrected chi connectivity index (χ3v) is 4.07. The van der Waals surface area contributed by atoms with Gasteiger partial charge in [0.05, 0.1) is 32.6 Å². The molecule has 0 fully saturated rings. The standard InChI is InChI=1S/C21H21N3O5/c1-14(25)18-9-8-17(29-18)13-24-12-16(11-22-24)23-20(26)10-7-15-5-4-6-19(27-2)21(15)28-3/h4-12H,13H2,1-3H3,(H,23,26)/b10-7-. The SMILES string of the molecule is COc1cccc(/C=C\C(=O)Nc2cnn(Cc3ccc(C(C)=O)o3)c2)c1OC. The van der Waals surface area contributed by atoms with E-state index >= 15 is 0 Å². The number of nitrogens with one attached hydrogen (secondary N) is 1. The molecule has 0 aliphatic carbocycles. The van der Waals surface area contributed by atoms with Gasteiger partial charge in [0.1, 0.15) is 5.76 Å². The molecular weight excluding hydrogens is 374 g/mol. The van der Waals surface area contributed by atoms with Crippen molar-refractivity contribution in [1.29, 1.82) is 0 Å². The van der Waals surface area contributed by atoms with Gasteiger partial charge in [0.15, 0.2) is 23.0 Å². The van der Waals surface area contributed by atoms with E-state index in [1.54, 1.807) is 49.4 Å². The third kappa shape index (κ3) is 4.92. The number of aromatic nitrogens is 2. The lowest BCUT2D eigenvalue weighted by molar-refractivity contribution is -0.111. The van der Waals surface area contributed by atoms with Crippen LogP contribution < -0.4 is 14.8 Å². The molecule has 2 aromatic heterocycles. The molecule has 150 valence electrons. The molecule has 2 heterocycles. The molecule has 0 atom stereocenters. The summed E-state index contributed by atoms with van der Waals surface area (Å²) in [6.07, 6.45) is 6.26. The van der Waals surface area contributed by atoms with Gasteiger partial charge in [-0.1, -0.05) is 12.1 Å². The number of Topliss-reactive ketones (excluding diaryl/α,β-unsaturated/α-hetero) is 1. The fourth-order valence-electron chi connectivity index (χ4n) is 2.72. The number of carbonyl (C=O) groups is 2. The Hall–Kier alpha value is -3.81. The molecule has 0 aliphatic rings. The van der Waals surface area contributed by atoms with Gasteiger partial charge in [-0.15, -0.1) is 0 Å². The van der Waals surface area contributed by atoms with Crippen molar-refractivity contribution in [2.45, 2.75) is 13.5 Å². The van der Waals surface area contributed by atoms with Crippen LogP contribution in [-0.2, 0) is 11.3 Å². The number of anilines is 1. The van der Waals surface area contributed by atoms with E-state index in [0.29, 0.717) is 35.3 Å². The zero-order valence-corrected chi connectivity index (χ0v) is 16.3. The van der Waals surface area contributed by atoms with Crippen LogP contribution >= 0.6 is 0 Å². The molecule has 3 aromatic rings. The van der Waals surface area contributed by atoms with Crippen LogP contribution in [0.15, 0.2) is 53.2 Å². The lowest BCUT2D eigenvalue weighted by Gasteiger charge is -2.09. The number of rotatable bonds is 8. The molecule has 0 saturated heterocycles. The zero-order chi connectivity index (χ0) is 20.8. The highest BCUT2D eigenvalue weighted by molar-refractivity contribution is 6.02. The van der Waals surface area contributed by atoms with Crippen molar-refractivity contribution in [2.75, 3.05) is 19.5 Å². The maximum absolute atomic E-state index is 12.2. The number of amides is 1. The van der Waals surface area contributed by atoms with Crippen molar-refractivity contribution in [3.05, 3.63) is 65.9 Å². The van der Waals surface area contributed by atoms with Crippen molar-refractivity contribution in [3.8, 4) is 11.5 Å². The third-order valence-electron chi connectivity index (χ3n) is 4.07. The van der Waals surface area contributed by atoms with E-state index in [4.69, 9.17) is 13.9 Å². The van der Waals surface area contributed by atoms with Gasteiger partial charge in [0.2, 0.25) is 5.91 Å². The van der Waals surface area contributed by atoms with Crippen LogP contribution in [-0.4, -0.2) is 35.7 Å². The summed E-state index contributed by atoms with van der Waals surface area (Å²) in [6.45, 7) is 1.79. The Balaban J connectivity index is 1.63. The van der Waals surface area contributed by atoms with Gasteiger partial charge in [-0.3, -0.25) is 14.3 Å². The Morgan fingerprint density at radius 1 is 1.21 bits per heavy atom. The number of ketones is 1. The molecule has 8 nitrogen and oxygen atoms in total. The first-order valence-electron chi connectivity index (χ1n) is 8.82. The summed E-state index contributed by atoms with van der Waals surface area (Å²) in [7, 11) is 3.10. The molecule has 1 aromatic carbocycles. The van der Waals surface area contributed by atoms with Crippen molar-refractivity contribution < 1.29 is 23.5 Å². The Labute approximate surface area is 167 Å². The van der Waals surface area contributed by atoms with Gasteiger partial charge in [0.25, 0.3) is 0 Å². The van der Waals surface area contributed by atoms with Crippen LogP contribution in [0.1, 0.15) is 28.8 Å². The van der Waals surface area contributed by atoms with E-state index in [0.717, 1.165) is 5.56 Å². The quantitative estimate of drug-likeness (QED) is 0.464. The van der Waals surface area contributed by atoms with Crippen molar-refractivity contribution in [3.63, 3.8) is 0 Å². The highest BCUT2D eigenvalue weighted by Gasteiger charge is 2.09. The second kappa shape index (κ2) is 8.92. The van der Waals surface area contributed by atoms with Crippen molar-refractivity contribution in [1.82, 2.24) is 9.78 Å². The fourth-order valence-corrected chi connectivity index (χ4v) is 2.72. The van der Waals surface area contributed by atoms with E-state index in [9.17, 15) is 9.59 Å². The van der Waals surface area contributed by atoms with Crippen LogP contribution in [0.2, 0.25) is 0 Å². The number of nitrogens with zero attached hydrogens (tertiary/aromatic N) is 2. The van der Waals surface area contributed by atoms with Gasteiger partial charge in [-0.2, -0.15) is 5.10 Å². The first-order chi connectivity index (χ1) is 14.0. The molecule has 0 radical (unpaired) electrons. The minimum absolute atomic E-state index is 0.135. The number of hydrogen-bond donors (Lipinski definition) is 1. The average Bonchev–Trinajstić information content (AvgIpc) is 3.35. The Morgan fingerprint density at radius 2 is 2.03 bits per heavy atom. The van der Waals surface area contributed by atoms with E-state index < -0.39 is 0 Å². The van der Waals surface area contributed by atoms with Crippen molar-refractivity contribution in [2.24, 2.45) is 0 Å². The molecule has 8 heteroatoms. The van der Waals surface area contributed by atoms with Gasteiger partial charge in [-0.25, -0.2) is 0 Å². The van der Waals surface area contributed by atoms with Crippen LogP contribution in [0.5, 0.6) is 11.5 Å². The number of hydrogen-bond acceptors (Lipinski definition) is 6. The second-order valence-corrected chi connectivity index (χ2v) is 6.15. The molecule has 0 unspecified atom stereocenters. The molecule has 3 rings (SSSR count). The van der Waals surface area contributed by atoms with E-state index in [1.807, 2.05) is 12.1 Å². The number of furan rings is 1. The van der Waals surface area contributed by atoms with Gasteiger partial charge in [0, 0.05) is 24.8 Å². The monoisotopic (exact) mass is 395 g/mol. The second-order valence-electron chi connectivity index (χ2n) is 6.15. The maximum Gasteiger partial charge on any atom is 0.248 e. The number of benzene rings is 1. The van der Waals surface area contributed by atoms with Crippen LogP contribution in [0.4, 0.5) is 5.69 Å². The first-order valence-corrected chi connectivity index (χ1v) is 8.82. The number of methoxy groups -OCH3 is 2. The molecule has 29 heavy (non-hydrogen) atoms. The van der Waals surface area contributed by atoms with E-state index in [1.165, 1.54) is 19.2 Å². The zero-order valence-electron chi connectivity index (χ0n) is 16.3. The largest absolute Gasteiger partial charge is 0.493 e. The minimum Gasteiger partial charge on any atom is -0.493 e. The summed E-state index contributed by atoms with van der Waals surface area (Å²) in [6, 6.07) is 8.77. The minimum atomic E-state index is -0.314. The van der Waals surface area contributed by atoms with Crippen LogP contribution in [0.3, 0.4) is 0 Å². The number of carbonyl (C=O) groups excluding carboxylic acids is 2. The Morgan fingerprint density at radius 3 is 2.72 bits per heavy atom. The highest BCUT2D eigenvalue weighted by Crippen LogP contribution is 2.31.